The molecule has 5 aliphatic rings. The van der Waals surface area contributed by atoms with Gasteiger partial charge in [-0.15, -0.1) is 0 Å². The summed E-state index contributed by atoms with van der Waals surface area (Å²) in [5, 5.41) is 3.36. The molecule has 1 amide bonds. The van der Waals surface area contributed by atoms with Crippen molar-refractivity contribution in [3.05, 3.63) is 0 Å². The number of carbonyl (C=O) groups is 1. The molecule has 0 spiro atoms. The first-order valence-corrected chi connectivity index (χ1v) is 9.22. The molecule has 1 N–H and O–H groups in total. The van der Waals surface area contributed by atoms with Crippen LogP contribution >= 0.6 is 0 Å². The highest BCUT2D eigenvalue weighted by molar-refractivity contribution is 5.78. The lowest BCUT2D eigenvalue weighted by Gasteiger charge is -2.59. The van der Waals surface area contributed by atoms with E-state index in [1.165, 1.54) is 38.5 Å². The van der Waals surface area contributed by atoms with Crippen molar-refractivity contribution < 1.29 is 9.53 Å². The highest BCUT2D eigenvalue weighted by atomic mass is 16.5. The molecule has 1 aliphatic heterocycles. The zero-order chi connectivity index (χ0) is 15.2. The molecule has 4 aliphatic carbocycles. The maximum absolute atomic E-state index is 12.4. The molecule has 4 nitrogen and oxygen atoms in total. The Balaban J connectivity index is 1.35. The van der Waals surface area contributed by atoms with Crippen LogP contribution in [0.3, 0.4) is 0 Å². The van der Waals surface area contributed by atoms with Crippen molar-refractivity contribution in [3.63, 3.8) is 0 Å². The lowest BCUT2D eigenvalue weighted by Crippen LogP contribution is -2.57. The Morgan fingerprint density at radius 2 is 1.68 bits per heavy atom. The molecule has 0 unspecified atom stereocenters. The Hall–Kier alpha value is -0.610. The van der Waals surface area contributed by atoms with Crippen LogP contribution in [-0.4, -0.2) is 49.7 Å². The second kappa shape index (κ2) is 5.79. The van der Waals surface area contributed by atoms with E-state index in [2.05, 4.69) is 17.1 Å². The average Bonchev–Trinajstić information content (AvgIpc) is 2.46. The van der Waals surface area contributed by atoms with Gasteiger partial charge in [0.25, 0.3) is 0 Å². The second-order valence-corrected chi connectivity index (χ2v) is 8.46. The summed E-state index contributed by atoms with van der Waals surface area (Å²) in [7, 11) is 0. The zero-order valence-corrected chi connectivity index (χ0v) is 13.9. The van der Waals surface area contributed by atoms with Crippen molar-refractivity contribution in [1.29, 1.82) is 0 Å². The van der Waals surface area contributed by atoms with Crippen LogP contribution in [-0.2, 0) is 9.53 Å². The van der Waals surface area contributed by atoms with E-state index in [4.69, 9.17) is 4.74 Å². The number of nitrogens with one attached hydrogen (secondary N) is 1. The van der Waals surface area contributed by atoms with Crippen molar-refractivity contribution in [3.8, 4) is 0 Å². The first-order chi connectivity index (χ1) is 10.6. The van der Waals surface area contributed by atoms with Crippen LogP contribution in [0.15, 0.2) is 0 Å². The van der Waals surface area contributed by atoms with Gasteiger partial charge >= 0.3 is 0 Å². The molecule has 4 heteroatoms. The summed E-state index contributed by atoms with van der Waals surface area (Å²) in [4.78, 5) is 14.6. The topological polar surface area (TPSA) is 41.6 Å². The molecule has 5 rings (SSSR count). The maximum Gasteiger partial charge on any atom is 0.234 e. The van der Waals surface area contributed by atoms with Gasteiger partial charge in [-0.2, -0.15) is 0 Å². The number of amides is 1. The predicted octanol–water partition coefficient (Wildman–Crippen LogP) is 2.04. The number of carbonyl (C=O) groups excluding carboxylic acids is 1. The molecular weight excluding hydrogens is 276 g/mol. The number of rotatable bonds is 4. The lowest BCUT2D eigenvalue weighted by atomic mass is 9.48. The van der Waals surface area contributed by atoms with Gasteiger partial charge < -0.3 is 10.1 Å². The summed E-state index contributed by atoms with van der Waals surface area (Å²) in [6.07, 6.45) is 8.48. The minimum absolute atomic E-state index is 0.213. The first-order valence-electron chi connectivity index (χ1n) is 9.22. The van der Waals surface area contributed by atoms with E-state index in [9.17, 15) is 4.79 Å². The molecule has 0 aromatic heterocycles. The minimum atomic E-state index is 0.213. The van der Waals surface area contributed by atoms with Gasteiger partial charge in [-0.05, 0) is 68.6 Å². The van der Waals surface area contributed by atoms with E-state index >= 15 is 0 Å². The fraction of sp³-hybridized carbons (Fsp3) is 0.944. The molecule has 22 heavy (non-hydrogen) atoms. The Kier molecular flexibility index (Phi) is 3.93. The van der Waals surface area contributed by atoms with Crippen LogP contribution in [0, 0.1) is 23.2 Å². The smallest absolute Gasteiger partial charge is 0.234 e. The van der Waals surface area contributed by atoms with Crippen LogP contribution in [0.5, 0.6) is 0 Å². The van der Waals surface area contributed by atoms with E-state index < -0.39 is 0 Å². The number of hydrogen-bond acceptors (Lipinski definition) is 3. The monoisotopic (exact) mass is 306 g/mol. The van der Waals surface area contributed by atoms with E-state index in [1.807, 2.05) is 0 Å². The fourth-order valence-electron chi connectivity index (χ4n) is 6.11. The van der Waals surface area contributed by atoms with Gasteiger partial charge in [-0.25, -0.2) is 0 Å². The van der Waals surface area contributed by atoms with Crippen molar-refractivity contribution in [1.82, 2.24) is 10.2 Å². The lowest BCUT2D eigenvalue weighted by molar-refractivity contribution is -0.127. The highest BCUT2D eigenvalue weighted by Crippen LogP contribution is 2.61. The summed E-state index contributed by atoms with van der Waals surface area (Å²) in [6.45, 7) is 6.11. The fourth-order valence-corrected chi connectivity index (χ4v) is 6.11. The Labute approximate surface area is 134 Å². The molecule has 4 bridgehead atoms. The second-order valence-electron chi connectivity index (χ2n) is 8.46. The predicted molar refractivity (Wildman–Crippen MR) is 85.5 cm³/mol. The SMILES string of the molecule is C[C@@H](NC(=O)CN1CCOCC1)C12CC3CC(CC(C3)C1)C2. The van der Waals surface area contributed by atoms with Gasteiger partial charge in [0.15, 0.2) is 0 Å². The molecular formula is C18H30N2O2. The summed E-state index contributed by atoms with van der Waals surface area (Å²) in [6, 6.07) is 0.342. The molecule has 4 saturated carbocycles. The van der Waals surface area contributed by atoms with Gasteiger partial charge in [0.2, 0.25) is 5.91 Å². The van der Waals surface area contributed by atoms with Crippen molar-refractivity contribution >= 4 is 5.91 Å². The van der Waals surface area contributed by atoms with E-state index in [0.29, 0.717) is 18.0 Å². The van der Waals surface area contributed by atoms with Gasteiger partial charge in [0, 0.05) is 19.1 Å². The zero-order valence-electron chi connectivity index (χ0n) is 13.9. The van der Waals surface area contributed by atoms with Crippen molar-refractivity contribution in [2.75, 3.05) is 32.8 Å². The number of morpholine rings is 1. The van der Waals surface area contributed by atoms with E-state index in [1.54, 1.807) is 0 Å². The molecule has 1 saturated heterocycles. The third-order valence-electron chi connectivity index (χ3n) is 6.85. The normalized spacial score (nSPS) is 42.3. The summed E-state index contributed by atoms with van der Waals surface area (Å²) in [5.41, 5.74) is 0.412. The number of ether oxygens (including phenoxy) is 1. The molecule has 1 atom stereocenters. The van der Waals surface area contributed by atoms with Gasteiger partial charge in [0.1, 0.15) is 0 Å². The van der Waals surface area contributed by atoms with Crippen LogP contribution in [0.25, 0.3) is 0 Å². The number of nitrogens with zero attached hydrogens (tertiary/aromatic N) is 1. The minimum Gasteiger partial charge on any atom is -0.379 e. The standard InChI is InChI=1S/C18H30N2O2/c1-13(19-17(21)12-20-2-4-22-5-3-20)18-9-14-6-15(10-18)8-16(7-14)11-18/h13-16H,2-12H2,1H3,(H,19,21)/t13-,14?,15?,16?,18?/m1/s1. The summed E-state index contributed by atoms with van der Waals surface area (Å²) in [5.74, 6) is 3.06. The quantitative estimate of drug-likeness (QED) is 0.864. The average molecular weight is 306 g/mol. The largest absolute Gasteiger partial charge is 0.379 e. The Morgan fingerprint density at radius 3 is 2.23 bits per heavy atom. The summed E-state index contributed by atoms with van der Waals surface area (Å²) >= 11 is 0. The van der Waals surface area contributed by atoms with Crippen LogP contribution < -0.4 is 5.32 Å². The first kappa shape index (κ1) is 14.9. The van der Waals surface area contributed by atoms with Crippen LogP contribution in [0.4, 0.5) is 0 Å². The molecule has 0 aromatic rings. The van der Waals surface area contributed by atoms with Gasteiger partial charge in [-0.1, -0.05) is 0 Å². The van der Waals surface area contributed by atoms with Gasteiger partial charge in [0.05, 0.1) is 19.8 Å². The number of hydrogen-bond donors (Lipinski definition) is 1. The van der Waals surface area contributed by atoms with Crippen molar-refractivity contribution in [2.45, 2.75) is 51.5 Å². The third kappa shape index (κ3) is 2.80. The molecule has 5 fully saturated rings. The highest BCUT2D eigenvalue weighted by Gasteiger charge is 2.53. The van der Waals surface area contributed by atoms with Crippen LogP contribution in [0.1, 0.15) is 45.4 Å². The Morgan fingerprint density at radius 1 is 1.14 bits per heavy atom. The van der Waals surface area contributed by atoms with E-state index in [-0.39, 0.29) is 5.91 Å². The molecule has 0 radical (unpaired) electrons. The molecule has 124 valence electrons. The van der Waals surface area contributed by atoms with Crippen molar-refractivity contribution in [2.24, 2.45) is 23.2 Å². The summed E-state index contributed by atoms with van der Waals surface area (Å²) < 4.78 is 5.35. The van der Waals surface area contributed by atoms with Crippen LogP contribution in [0.2, 0.25) is 0 Å². The molecule has 0 aromatic carbocycles. The Bertz CT molecular complexity index is 396. The maximum atomic E-state index is 12.4. The van der Waals surface area contributed by atoms with E-state index in [0.717, 1.165) is 44.1 Å². The van der Waals surface area contributed by atoms with Gasteiger partial charge in [-0.3, -0.25) is 9.69 Å². The third-order valence-corrected chi connectivity index (χ3v) is 6.85. The molecule has 1 heterocycles.